The highest BCUT2D eigenvalue weighted by atomic mass is 32.2. The molecule has 0 unspecified atom stereocenters. The second-order valence-electron chi connectivity index (χ2n) is 6.67. The molecule has 3 rings (SSSR count). The lowest BCUT2D eigenvalue weighted by Crippen LogP contribution is -2.29. The molecule has 3 aromatic rings. The van der Waals surface area contributed by atoms with Gasteiger partial charge in [-0.15, -0.1) is 10.2 Å². The summed E-state index contributed by atoms with van der Waals surface area (Å²) < 4.78 is 34.1. The molecule has 0 aliphatic carbocycles. The molecule has 164 valence electrons. The molecule has 0 aliphatic rings. The van der Waals surface area contributed by atoms with E-state index in [0.717, 1.165) is 11.4 Å². The molecule has 2 heterocycles. The SMILES string of the molecule is COc1ccc(S(=O)(=O)NCCNc2ccc(-n3nc(C)cc3C)nn2)cc1C(N)=O. The first kappa shape index (κ1) is 22.2. The van der Waals surface area contributed by atoms with Gasteiger partial charge in [0.05, 0.1) is 23.3 Å². The van der Waals surface area contributed by atoms with E-state index >= 15 is 0 Å². The van der Waals surface area contributed by atoms with Crippen LogP contribution < -0.4 is 20.5 Å². The maximum atomic E-state index is 12.5. The molecule has 11 nitrogen and oxygen atoms in total. The zero-order valence-electron chi connectivity index (χ0n) is 17.3. The number of benzene rings is 1. The number of amides is 1. The van der Waals surface area contributed by atoms with Crippen molar-refractivity contribution in [3.63, 3.8) is 0 Å². The number of hydrogen-bond donors (Lipinski definition) is 3. The monoisotopic (exact) mass is 445 g/mol. The van der Waals surface area contributed by atoms with Crippen LogP contribution in [0.2, 0.25) is 0 Å². The van der Waals surface area contributed by atoms with E-state index in [2.05, 4.69) is 25.3 Å². The summed E-state index contributed by atoms with van der Waals surface area (Å²) >= 11 is 0. The number of anilines is 1. The van der Waals surface area contributed by atoms with Gasteiger partial charge in [0.15, 0.2) is 5.82 Å². The van der Waals surface area contributed by atoms with Crippen molar-refractivity contribution in [3.05, 3.63) is 53.3 Å². The summed E-state index contributed by atoms with van der Waals surface area (Å²) in [5.74, 6) is 0.500. The molecule has 12 heteroatoms. The molecular formula is C19H23N7O4S. The van der Waals surface area contributed by atoms with Crippen molar-refractivity contribution in [1.29, 1.82) is 0 Å². The lowest BCUT2D eigenvalue weighted by atomic mass is 10.2. The molecule has 0 saturated carbocycles. The van der Waals surface area contributed by atoms with Crippen LogP contribution in [0.5, 0.6) is 5.75 Å². The van der Waals surface area contributed by atoms with Gasteiger partial charge in [0.25, 0.3) is 5.91 Å². The number of methoxy groups -OCH3 is 1. The lowest BCUT2D eigenvalue weighted by Gasteiger charge is -2.11. The van der Waals surface area contributed by atoms with Gasteiger partial charge in [-0.25, -0.2) is 17.8 Å². The van der Waals surface area contributed by atoms with Gasteiger partial charge < -0.3 is 15.8 Å². The van der Waals surface area contributed by atoms with Crippen molar-refractivity contribution in [2.45, 2.75) is 18.7 Å². The summed E-state index contributed by atoms with van der Waals surface area (Å²) in [5.41, 5.74) is 7.10. The first-order valence-corrected chi connectivity index (χ1v) is 10.8. The molecule has 0 atom stereocenters. The number of nitrogens with zero attached hydrogens (tertiary/aromatic N) is 4. The number of aromatic nitrogens is 4. The standard InChI is InChI=1S/C19H23N7O4S/c1-12-10-13(2)26(25-12)18-7-6-17(23-24-18)21-8-9-22-31(28,29)14-4-5-16(30-3)15(11-14)19(20)27/h4-7,10-11,22H,8-9H2,1-3H3,(H2,20,27)(H,21,23). The molecule has 1 aromatic carbocycles. The quantitative estimate of drug-likeness (QED) is 0.408. The van der Waals surface area contributed by atoms with Gasteiger partial charge in [-0.1, -0.05) is 0 Å². The zero-order valence-corrected chi connectivity index (χ0v) is 18.1. The molecule has 0 saturated heterocycles. The van der Waals surface area contributed by atoms with Crippen LogP contribution >= 0.6 is 0 Å². The molecule has 4 N–H and O–H groups in total. The summed E-state index contributed by atoms with van der Waals surface area (Å²) in [6.45, 7) is 4.18. The Hall–Kier alpha value is -3.51. The van der Waals surface area contributed by atoms with Crippen LogP contribution in [0.1, 0.15) is 21.7 Å². The van der Waals surface area contributed by atoms with Gasteiger partial charge in [-0.2, -0.15) is 5.10 Å². The van der Waals surface area contributed by atoms with Gasteiger partial charge in [-0.05, 0) is 50.2 Å². The van der Waals surface area contributed by atoms with Gasteiger partial charge in [0.2, 0.25) is 10.0 Å². The van der Waals surface area contributed by atoms with Crippen LogP contribution in [0.4, 0.5) is 5.82 Å². The Bertz CT molecular complexity index is 1190. The first-order chi connectivity index (χ1) is 14.7. The molecule has 0 spiro atoms. The maximum Gasteiger partial charge on any atom is 0.252 e. The number of aryl methyl sites for hydroxylation is 2. The normalized spacial score (nSPS) is 11.3. The number of carbonyl (C=O) groups is 1. The van der Waals surface area contributed by atoms with Crippen LogP contribution in [0.3, 0.4) is 0 Å². The third-order valence-corrected chi connectivity index (χ3v) is 5.81. The Morgan fingerprint density at radius 1 is 1.13 bits per heavy atom. The van der Waals surface area contributed by atoms with Gasteiger partial charge in [-0.3, -0.25) is 4.79 Å². The average molecular weight is 446 g/mol. The van der Waals surface area contributed by atoms with Crippen molar-refractivity contribution in [2.24, 2.45) is 5.73 Å². The second-order valence-corrected chi connectivity index (χ2v) is 8.43. The molecule has 0 bridgehead atoms. The number of nitrogens with two attached hydrogens (primary N) is 1. The Morgan fingerprint density at radius 2 is 1.90 bits per heavy atom. The number of carbonyl (C=O) groups excluding carboxylic acids is 1. The molecular weight excluding hydrogens is 422 g/mol. The van der Waals surface area contributed by atoms with Crippen molar-refractivity contribution in [3.8, 4) is 11.6 Å². The highest BCUT2D eigenvalue weighted by molar-refractivity contribution is 7.89. The fraction of sp³-hybridized carbons (Fsp3) is 0.263. The number of ether oxygens (including phenoxy) is 1. The molecule has 0 radical (unpaired) electrons. The smallest absolute Gasteiger partial charge is 0.252 e. The summed E-state index contributed by atoms with van der Waals surface area (Å²) in [6, 6.07) is 9.34. The summed E-state index contributed by atoms with van der Waals surface area (Å²) in [4.78, 5) is 11.4. The van der Waals surface area contributed by atoms with Gasteiger partial charge in [0.1, 0.15) is 11.6 Å². The Labute approximate surface area is 179 Å². The minimum Gasteiger partial charge on any atom is -0.496 e. The molecule has 0 aliphatic heterocycles. The molecule has 31 heavy (non-hydrogen) atoms. The van der Waals surface area contributed by atoms with Crippen LogP contribution in [0.25, 0.3) is 5.82 Å². The number of sulfonamides is 1. The lowest BCUT2D eigenvalue weighted by molar-refractivity contribution is 0.0997. The fourth-order valence-corrected chi connectivity index (χ4v) is 3.96. The van der Waals surface area contributed by atoms with Crippen LogP contribution in [0, 0.1) is 13.8 Å². The maximum absolute atomic E-state index is 12.5. The van der Waals surface area contributed by atoms with E-state index in [-0.39, 0.29) is 29.3 Å². The molecule has 2 aromatic heterocycles. The first-order valence-electron chi connectivity index (χ1n) is 9.30. The zero-order chi connectivity index (χ0) is 22.6. The van der Waals surface area contributed by atoms with Crippen LogP contribution in [-0.2, 0) is 10.0 Å². The summed E-state index contributed by atoms with van der Waals surface area (Å²) in [5, 5.41) is 15.6. The predicted molar refractivity (Wildman–Crippen MR) is 114 cm³/mol. The predicted octanol–water partition coefficient (Wildman–Crippen LogP) is 0.777. The third-order valence-electron chi connectivity index (χ3n) is 4.35. The summed E-state index contributed by atoms with van der Waals surface area (Å²) in [6.07, 6.45) is 0. The molecule has 1 amide bonds. The van der Waals surface area contributed by atoms with Crippen LogP contribution in [-0.4, -0.2) is 54.5 Å². The minimum absolute atomic E-state index is 0.0125. The Balaban J connectivity index is 1.58. The largest absolute Gasteiger partial charge is 0.496 e. The number of hydrogen-bond acceptors (Lipinski definition) is 8. The van der Waals surface area contributed by atoms with E-state index in [1.165, 1.54) is 25.3 Å². The number of primary amides is 1. The van der Waals surface area contributed by atoms with Gasteiger partial charge >= 0.3 is 0 Å². The Kier molecular flexibility index (Phi) is 6.51. The van der Waals surface area contributed by atoms with E-state index in [1.807, 2.05) is 19.9 Å². The number of nitrogens with one attached hydrogen (secondary N) is 2. The van der Waals surface area contributed by atoms with E-state index in [0.29, 0.717) is 11.6 Å². The van der Waals surface area contributed by atoms with Crippen LogP contribution in [0.15, 0.2) is 41.3 Å². The van der Waals surface area contributed by atoms with Crippen molar-refractivity contribution < 1.29 is 17.9 Å². The van der Waals surface area contributed by atoms with E-state index in [1.54, 1.807) is 16.8 Å². The molecule has 0 fully saturated rings. The average Bonchev–Trinajstić information content (AvgIpc) is 3.09. The highest BCUT2D eigenvalue weighted by Crippen LogP contribution is 2.22. The van der Waals surface area contributed by atoms with Gasteiger partial charge in [0, 0.05) is 18.8 Å². The number of rotatable bonds is 9. The van der Waals surface area contributed by atoms with Crippen molar-refractivity contribution in [1.82, 2.24) is 24.7 Å². The summed E-state index contributed by atoms with van der Waals surface area (Å²) in [7, 11) is -2.47. The van der Waals surface area contributed by atoms with Crippen molar-refractivity contribution in [2.75, 3.05) is 25.5 Å². The highest BCUT2D eigenvalue weighted by Gasteiger charge is 2.18. The Morgan fingerprint density at radius 3 is 2.48 bits per heavy atom. The van der Waals surface area contributed by atoms with E-state index in [9.17, 15) is 13.2 Å². The minimum atomic E-state index is -3.84. The van der Waals surface area contributed by atoms with E-state index in [4.69, 9.17) is 10.5 Å². The fourth-order valence-electron chi connectivity index (χ4n) is 2.90. The van der Waals surface area contributed by atoms with Crippen molar-refractivity contribution >= 4 is 21.7 Å². The second kappa shape index (κ2) is 9.10. The third kappa shape index (κ3) is 5.16. The topological polar surface area (TPSA) is 154 Å². The van der Waals surface area contributed by atoms with E-state index < -0.39 is 15.9 Å².